The van der Waals surface area contributed by atoms with E-state index in [0.717, 1.165) is 6.07 Å². The maximum Gasteiger partial charge on any atom is 0.297 e. The van der Waals surface area contributed by atoms with Crippen LogP contribution in [0.4, 0.5) is 11.4 Å². The fourth-order valence-corrected chi connectivity index (χ4v) is 3.39. The van der Waals surface area contributed by atoms with Crippen LogP contribution in [-0.4, -0.2) is 31.0 Å². The molecule has 0 amide bonds. The van der Waals surface area contributed by atoms with Crippen LogP contribution in [0.15, 0.2) is 28.0 Å². The molecule has 9 nitrogen and oxygen atoms in total. The van der Waals surface area contributed by atoms with Crippen molar-refractivity contribution >= 4 is 42.4 Å². The molecule has 0 aliphatic carbocycles. The molecule has 2 rings (SSSR count). The number of phenolic OH excluding ortho intramolecular Hbond substituents is 1. The normalized spacial score (nSPS) is 12.7. The molecule has 114 valence electrons. The molecule has 2 aromatic rings. The van der Waals surface area contributed by atoms with Crippen LogP contribution in [0, 0.1) is 0 Å². The SMILES string of the molecule is Nc1ccc2c(O)c(N)c(S(=O)(=O)O)cc2c1S(=O)(=O)O. The van der Waals surface area contributed by atoms with E-state index in [1.54, 1.807) is 0 Å². The van der Waals surface area contributed by atoms with E-state index in [1.807, 2.05) is 0 Å². The Balaban J connectivity index is 3.16. The summed E-state index contributed by atoms with van der Waals surface area (Å²) in [5, 5.41) is 9.32. The summed E-state index contributed by atoms with van der Waals surface area (Å²) < 4.78 is 63.4. The number of anilines is 2. The average molecular weight is 334 g/mol. The number of fused-ring (bicyclic) bond motifs is 1. The maximum absolute atomic E-state index is 11.4. The summed E-state index contributed by atoms with van der Waals surface area (Å²) in [6.45, 7) is 0. The predicted octanol–water partition coefficient (Wildman–Crippen LogP) is 0.203. The Morgan fingerprint density at radius 3 is 1.95 bits per heavy atom. The first kappa shape index (κ1) is 15.3. The highest BCUT2D eigenvalue weighted by Crippen LogP contribution is 2.40. The Morgan fingerprint density at radius 2 is 1.48 bits per heavy atom. The number of rotatable bonds is 2. The molecule has 0 fully saturated rings. The number of hydrogen-bond donors (Lipinski definition) is 5. The molecule has 0 aliphatic heterocycles. The lowest BCUT2D eigenvalue weighted by molar-refractivity contribution is 0.473. The van der Waals surface area contributed by atoms with Gasteiger partial charge in [-0.1, -0.05) is 0 Å². The molecular weight excluding hydrogens is 324 g/mol. The van der Waals surface area contributed by atoms with E-state index >= 15 is 0 Å². The first-order valence-electron chi connectivity index (χ1n) is 5.23. The van der Waals surface area contributed by atoms with Gasteiger partial charge in [-0.05, 0) is 18.2 Å². The van der Waals surface area contributed by atoms with Gasteiger partial charge in [0.1, 0.15) is 15.5 Å². The second kappa shape index (κ2) is 4.46. The molecule has 0 radical (unpaired) electrons. The molecule has 11 heteroatoms. The van der Waals surface area contributed by atoms with Gasteiger partial charge in [0.2, 0.25) is 0 Å². The minimum Gasteiger partial charge on any atom is -0.505 e. The van der Waals surface area contributed by atoms with Gasteiger partial charge in [0.25, 0.3) is 20.2 Å². The molecule has 0 saturated carbocycles. The van der Waals surface area contributed by atoms with E-state index in [1.165, 1.54) is 6.07 Å². The third kappa shape index (κ3) is 2.47. The van der Waals surface area contributed by atoms with Crippen molar-refractivity contribution in [2.45, 2.75) is 9.79 Å². The summed E-state index contributed by atoms with van der Waals surface area (Å²) in [6.07, 6.45) is 0. The Hall–Kier alpha value is -2.08. The number of nitrogens with two attached hydrogens (primary N) is 2. The van der Waals surface area contributed by atoms with Crippen molar-refractivity contribution in [3.63, 3.8) is 0 Å². The molecule has 0 bridgehead atoms. The largest absolute Gasteiger partial charge is 0.505 e. The summed E-state index contributed by atoms with van der Waals surface area (Å²) in [5.41, 5.74) is 9.83. The summed E-state index contributed by atoms with van der Waals surface area (Å²) in [4.78, 5) is -1.69. The minimum atomic E-state index is -4.82. The molecule has 0 aliphatic rings. The summed E-state index contributed by atoms with van der Waals surface area (Å²) in [5.74, 6) is -0.759. The summed E-state index contributed by atoms with van der Waals surface area (Å²) in [6, 6.07) is 3.00. The highest BCUT2D eigenvalue weighted by Gasteiger charge is 2.25. The Kier molecular flexibility index (Phi) is 3.25. The van der Waals surface area contributed by atoms with Crippen molar-refractivity contribution < 1.29 is 31.0 Å². The minimum absolute atomic E-state index is 0.151. The molecule has 21 heavy (non-hydrogen) atoms. The number of benzene rings is 2. The highest BCUT2D eigenvalue weighted by molar-refractivity contribution is 7.86. The van der Waals surface area contributed by atoms with Crippen LogP contribution in [-0.2, 0) is 20.2 Å². The van der Waals surface area contributed by atoms with Gasteiger partial charge >= 0.3 is 0 Å². The van der Waals surface area contributed by atoms with Crippen molar-refractivity contribution in [3.8, 4) is 5.75 Å². The zero-order valence-corrected chi connectivity index (χ0v) is 11.8. The van der Waals surface area contributed by atoms with Crippen LogP contribution in [0.5, 0.6) is 5.75 Å². The van der Waals surface area contributed by atoms with Crippen molar-refractivity contribution in [1.82, 2.24) is 0 Å². The lowest BCUT2D eigenvalue weighted by Gasteiger charge is -2.12. The van der Waals surface area contributed by atoms with Crippen molar-refractivity contribution in [3.05, 3.63) is 18.2 Å². The second-order valence-electron chi connectivity index (χ2n) is 4.17. The van der Waals surface area contributed by atoms with Crippen LogP contribution in [0.2, 0.25) is 0 Å². The first-order valence-corrected chi connectivity index (χ1v) is 8.11. The Morgan fingerprint density at radius 1 is 0.905 bits per heavy atom. The van der Waals surface area contributed by atoms with Crippen LogP contribution >= 0.6 is 0 Å². The topological polar surface area (TPSA) is 181 Å². The Labute approximate surface area is 119 Å². The van der Waals surface area contributed by atoms with Gasteiger partial charge in [-0.3, -0.25) is 9.11 Å². The number of phenols is 1. The van der Waals surface area contributed by atoms with E-state index in [-0.39, 0.29) is 11.1 Å². The van der Waals surface area contributed by atoms with Gasteiger partial charge < -0.3 is 16.6 Å². The van der Waals surface area contributed by atoms with Crippen molar-refractivity contribution in [2.24, 2.45) is 0 Å². The standard InChI is InChI=1S/C10H10N2O7S2/c11-6-2-1-4-5(10(6)21(17,18)19)3-7(20(14,15)16)8(12)9(4)13/h1-3,13H,11-12H2,(H,14,15,16)(H,17,18,19). The molecule has 0 heterocycles. The van der Waals surface area contributed by atoms with E-state index in [0.29, 0.717) is 6.07 Å². The number of nitrogen functional groups attached to an aromatic ring is 2. The maximum atomic E-state index is 11.4. The fourth-order valence-electron chi connectivity index (χ4n) is 1.94. The highest BCUT2D eigenvalue weighted by atomic mass is 32.2. The average Bonchev–Trinajstić information content (AvgIpc) is 2.30. The van der Waals surface area contributed by atoms with Gasteiger partial charge in [-0.2, -0.15) is 16.8 Å². The summed E-state index contributed by atoms with van der Waals surface area (Å²) in [7, 11) is -9.63. The van der Waals surface area contributed by atoms with Crippen molar-refractivity contribution in [2.75, 3.05) is 11.5 Å². The molecule has 2 aromatic carbocycles. The van der Waals surface area contributed by atoms with Crippen LogP contribution in [0.1, 0.15) is 0 Å². The zero-order chi connectivity index (χ0) is 16.2. The van der Waals surface area contributed by atoms with Crippen LogP contribution in [0.25, 0.3) is 10.8 Å². The molecule has 0 aromatic heterocycles. The van der Waals surface area contributed by atoms with Gasteiger partial charge in [-0.15, -0.1) is 0 Å². The van der Waals surface area contributed by atoms with Crippen molar-refractivity contribution in [1.29, 1.82) is 0 Å². The van der Waals surface area contributed by atoms with E-state index in [2.05, 4.69) is 0 Å². The van der Waals surface area contributed by atoms with E-state index < -0.39 is 46.9 Å². The first-order chi connectivity index (χ1) is 9.44. The van der Waals surface area contributed by atoms with Crippen LogP contribution < -0.4 is 11.5 Å². The van der Waals surface area contributed by atoms with E-state index in [4.69, 9.17) is 16.0 Å². The zero-order valence-electron chi connectivity index (χ0n) is 10.2. The molecule has 0 spiro atoms. The second-order valence-corrected chi connectivity index (χ2v) is 6.91. The van der Waals surface area contributed by atoms with Gasteiger partial charge in [0, 0.05) is 10.8 Å². The van der Waals surface area contributed by atoms with Gasteiger partial charge in [0.15, 0.2) is 0 Å². The monoisotopic (exact) mass is 334 g/mol. The molecular formula is C10H10N2O7S2. The molecule has 0 saturated heterocycles. The lowest BCUT2D eigenvalue weighted by atomic mass is 10.1. The predicted molar refractivity (Wildman–Crippen MR) is 74.1 cm³/mol. The lowest BCUT2D eigenvalue weighted by Crippen LogP contribution is -2.07. The third-order valence-corrected chi connectivity index (χ3v) is 4.68. The number of aromatic hydroxyl groups is 1. The number of hydrogen-bond acceptors (Lipinski definition) is 7. The van der Waals surface area contributed by atoms with Gasteiger partial charge in [0.05, 0.1) is 11.4 Å². The van der Waals surface area contributed by atoms with E-state index in [9.17, 15) is 26.5 Å². The smallest absolute Gasteiger partial charge is 0.297 e. The summed E-state index contributed by atoms with van der Waals surface area (Å²) >= 11 is 0. The third-order valence-electron chi connectivity index (χ3n) is 2.81. The quantitative estimate of drug-likeness (QED) is 0.291. The fraction of sp³-hybridized carbons (Fsp3) is 0. The van der Waals surface area contributed by atoms with Crippen LogP contribution in [0.3, 0.4) is 0 Å². The molecule has 0 unspecified atom stereocenters. The molecule has 0 atom stereocenters. The molecule has 7 N–H and O–H groups in total. The Bertz CT molecular complexity index is 965. The van der Waals surface area contributed by atoms with Gasteiger partial charge in [-0.25, -0.2) is 0 Å².